The van der Waals surface area contributed by atoms with Crippen molar-refractivity contribution in [2.24, 2.45) is 5.92 Å². The Bertz CT molecular complexity index is 1170. The number of rotatable bonds is 4. The fraction of sp³-hybridized carbons (Fsp3) is 0.346. The van der Waals surface area contributed by atoms with Gasteiger partial charge in [-0.15, -0.1) is 0 Å². The van der Waals surface area contributed by atoms with E-state index < -0.39 is 0 Å². The van der Waals surface area contributed by atoms with Gasteiger partial charge in [-0.2, -0.15) is 0 Å². The molecule has 5 rings (SSSR count). The molecule has 33 heavy (non-hydrogen) atoms. The second-order valence-corrected chi connectivity index (χ2v) is 8.85. The Labute approximate surface area is 192 Å². The zero-order valence-corrected chi connectivity index (χ0v) is 18.5. The van der Waals surface area contributed by atoms with Gasteiger partial charge < -0.3 is 14.2 Å². The van der Waals surface area contributed by atoms with Crippen LogP contribution in [0.4, 0.5) is 4.39 Å². The van der Waals surface area contributed by atoms with Gasteiger partial charge in [0.25, 0.3) is 5.91 Å². The molecule has 1 amide bonds. The molecule has 0 bridgehead atoms. The first-order valence-electron chi connectivity index (χ1n) is 11.3. The maximum atomic E-state index is 13.4. The first-order chi connectivity index (χ1) is 16.0. The number of carbonyl (C=O) groups excluding carboxylic acids is 2. The molecule has 0 N–H and O–H groups in total. The Morgan fingerprint density at radius 3 is 2.79 bits per heavy atom. The molecule has 2 fully saturated rings. The molecule has 0 spiro atoms. The summed E-state index contributed by atoms with van der Waals surface area (Å²) in [7, 11) is 0. The van der Waals surface area contributed by atoms with Crippen LogP contribution in [0.5, 0.6) is 0 Å². The van der Waals surface area contributed by atoms with E-state index in [-0.39, 0.29) is 42.2 Å². The molecule has 2 aliphatic heterocycles. The predicted octanol–water partition coefficient (Wildman–Crippen LogP) is 4.12. The number of ketones is 1. The third-order valence-corrected chi connectivity index (χ3v) is 6.80. The normalized spacial score (nSPS) is 21.5. The topological polar surface area (TPSA) is 64.4 Å². The van der Waals surface area contributed by atoms with E-state index in [1.165, 1.54) is 12.1 Å². The third-order valence-electron chi connectivity index (χ3n) is 6.80. The maximum absolute atomic E-state index is 13.4. The first kappa shape index (κ1) is 21.5. The molecular weight excluding hydrogens is 421 g/mol. The van der Waals surface area contributed by atoms with E-state index in [0.29, 0.717) is 25.2 Å². The number of carbonyl (C=O) groups is 2. The van der Waals surface area contributed by atoms with Crippen LogP contribution in [0.2, 0.25) is 0 Å². The van der Waals surface area contributed by atoms with Crippen molar-refractivity contribution in [3.8, 4) is 11.1 Å². The number of halogens is 1. The minimum Gasteiger partial charge on any atom is -0.368 e. The lowest BCUT2D eigenvalue weighted by atomic mass is 9.87. The molecule has 170 valence electrons. The fourth-order valence-corrected chi connectivity index (χ4v) is 4.97. The van der Waals surface area contributed by atoms with Gasteiger partial charge in [-0.1, -0.05) is 36.4 Å². The Morgan fingerprint density at radius 1 is 1.18 bits per heavy atom. The second kappa shape index (κ2) is 8.90. The number of fused-ring (bicyclic) bond motifs is 1. The molecule has 2 aromatic carbocycles. The van der Waals surface area contributed by atoms with E-state index >= 15 is 0 Å². The highest BCUT2D eigenvalue weighted by Gasteiger charge is 2.37. The monoisotopic (exact) mass is 447 g/mol. The van der Waals surface area contributed by atoms with Gasteiger partial charge in [0.05, 0.1) is 24.7 Å². The summed E-state index contributed by atoms with van der Waals surface area (Å²) in [5.41, 5.74) is 3.43. The van der Waals surface area contributed by atoms with Crippen molar-refractivity contribution >= 4 is 11.7 Å². The zero-order valence-electron chi connectivity index (χ0n) is 18.5. The summed E-state index contributed by atoms with van der Waals surface area (Å²) >= 11 is 0. The van der Waals surface area contributed by atoms with Crippen LogP contribution in [-0.2, 0) is 9.53 Å². The van der Waals surface area contributed by atoms with Gasteiger partial charge in [0, 0.05) is 19.5 Å². The van der Waals surface area contributed by atoms with Crippen LogP contribution < -0.4 is 0 Å². The molecule has 0 radical (unpaired) electrons. The summed E-state index contributed by atoms with van der Waals surface area (Å²) in [6, 6.07) is 14.2. The zero-order chi connectivity index (χ0) is 22.9. The highest BCUT2D eigenvalue weighted by atomic mass is 19.1. The number of hydrogen-bond acceptors (Lipinski definition) is 4. The summed E-state index contributed by atoms with van der Waals surface area (Å²) in [4.78, 5) is 31.2. The number of aromatic nitrogens is 2. The van der Waals surface area contributed by atoms with Gasteiger partial charge in [-0.3, -0.25) is 9.59 Å². The molecule has 3 heterocycles. The lowest BCUT2D eigenvalue weighted by Gasteiger charge is -2.40. The summed E-state index contributed by atoms with van der Waals surface area (Å²) in [5.74, 6) is -0.0242. The van der Waals surface area contributed by atoms with Gasteiger partial charge >= 0.3 is 0 Å². The summed E-state index contributed by atoms with van der Waals surface area (Å²) in [5, 5.41) is 0. The van der Waals surface area contributed by atoms with Gasteiger partial charge in [-0.05, 0) is 48.1 Å². The Hall–Kier alpha value is -3.32. The number of Topliss-reactive ketones (excluding diaryl/α,β-unsaturated/α-hetero) is 1. The van der Waals surface area contributed by atoms with Crippen molar-refractivity contribution in [1.82, 2.24) is 14.5 Å². The standard InChI is InChI=1S/C26H26FN3O3/c1-17(22-4-2-3-5-23(22)18-6-8-20(27)9-7-18)30-16-28-13-24(30)26(32)29-11-10-19-12-21(31)15-33-25(19)14-29/h2-9,13,16-17,19,25H,10-12,14-15H2,1H3/t17-,19?,25+/m0/s1. The molecule has 2 saturated heterocycles. The van der Waals surface area contributed by atoms with Crippen molar-refractivity contribution in [3.63, 3.8) is 0 Å². The predicted molar refractivity (Wildman–Crippen MR) is 121 cm³/mol. The number of piperidine rings is 1. The van der Waals surface area contributed by atoms with Gasteiger partial charge in [0.15, 0.2) is 5.78 Å². The fourth-order valence-electron chi connectivity index (χ4n) is 4.97. The van der Waals surface area contributed by atoms with Crippen molar-refractivity contribution in [3.05, 3.63) is 78.1 Å². The van der Waals surface area contributed by atoms with E-state index in [0.717, 1.165) is 23.1 Å². The molecule has 0 saturated carbocycles. The highest BCUT2D eigenvalue weighted by molar-refractivity contribution is 5.92. The Balaban J connectivity index is 1.40. The van der Waals surface area contributed by atoms with Crippen LogP contribution in [0.1, 0.15) is 41.9 Å². The lowest BCUT2D eigenvalue weighted by Crippen LogP contribution is -2.51. The number of ether oxygens (including phenoxy) is 1. The van der Waals surface area contributed by atoms with Gasteiger partial charge in [0.2, 0.25) is 0 Å². The van der Waals surface area contributed by atoms with E-state index in [9.17, 15) is 14.0 Å². The van der Waals surface area contributed by atoms with Crippen molar-refractivity contribution in [2.75, 3.05) is 19.7 Å². The summed E-state index contributed by atoms with van der Waals surface area (Å²) in [6.07, 6.45) is 4.51. The molecule has 6 nitrogen and oxygen atoms in total. The molecule has 1 unspecified atom stereocenters. The molecular formula is C26H26FN3O3. The Morgan fingerprint density at radius 2 is 1.97 bits per heavy atom. The van der Waals surface area contributed by atoms with Gasteiger partial charge in [0.1, 0.15) is 18.1 Å². The van der Waals surface area contributed by atoms with Crippen LogP contribution in [0.25, 0.3) is 11.1 Å². The van der Waals surface area contributed by atoms with E-state index in [4.69, 9.17) is 4.74 Å². The third kappa shape index (κ3) is 4.20. The van der Waals surface area contributed by atoms with Crippen LogP contribution in [0.3, 0.4) is 0 Å². The van der Waals surface area contributed by atoms with Crippen LogP contribution in [-0.4, -0.2) is 51.9 Å². The largest absolute Gasteiger partial charge is 0.368 e. The molecule has 0 aliphatic carbocycles. The lowest BCUT2D eigenvalue weighted by molar-refractivity contribution is -0.139. The summed E-state index contributed by atoms with van der Waals surface area (Å²) in [6.45, 7) is 3.26. The molecule has 2 aliphatic rings. The van der Waals surface area contributed by atoms with Crippen molar-refractivity contribution in [2.45, 2.75) is 31.9 Å². The smallest absolute Gasteiger partial charge is 0.272 e. The molecule has 3 aromatic rings. The van der Waals surface area contributed by atoms with Crippen LogP contribution >= 0.6 is 0 Å². The number of benzene rings is 2. The number of nitrogens with zero attached hydrogens (tertiary/aromatic N) is 3. The average molecular weight is 448 g/mol. The van der Waals surface area contributed by atoms with Crippen molar-refractivity contribution in [1.29, 1.82) is 0 Å². The molecule has 1 aromatic heterocycles. The van der Waals surface area contributed by atoms with Crippen LogP contribution in [0.15, 0.2) is 61.1 Å². The number of amides is 1. The number of imidazole rings is 1. The second-order valence-electron chi connectivity index (χ2n) is 8.85. The molecule has 3 atom stereocenters. The van der Waals surface area contributed by atoms with Crippen molar-refractivity contribution < 1.29 is 18.7 Å². The van der Waals surface area contributed by atoms with Crippen LogP contribution in [0, 0.1) is 11.7 Å². The maximum Gasteiger partial charge on any atom is 0.272 e. The molecule has 7 heteroatoms. The number of likely N-dealkylation sites (tertiary alicyclic amines) is 1. The van der Waals surface area contributed by atoms with E-state index in [2.05, 4.69) is 4.98 Å². The SMILES string of the molecule is C[C@@H](c1ccccc1-c1ccc(F)cc1)n1cncc1C(=O)N1CCC2CC(=O)CO[C@@H]2C1. The van der Waals surface area contributed by atoms with Gasteiger partial charge in [-0.25, -0.2) is 9.37 Å². The Kier molecular flexibility index (Phi) is 5.81. The average Bonchev–Trinajstić information content (AvgIpc) is 3.33. The highest BCUT2D eigenvalue weighted by Crippen LogP contribution is 2.32. The first-order valence-corrected chi connectivity index (χ1v) is 11.3. The summed E-state index contributed by atoms with van der Waals surface area (Å²) < 4.78 is 21.1. The number of hydrogen-bond donors (Lipinski definition) is 0. The minimum absolute atomic E-state index is 0.0856. The van der Waals surface area contributed by atoms with E-state index in [1.54, 1.807) is 24.7 Å². The minimum atomic E-state index is -0.276. The quantitative estimate of drug-likeness (QED) is 0.604. The van der Waals surface area contributed by atoms with E-state index in [1.807, 2.05) is 40.7 Å².